The maximum absolute atomic E-state index is 13.0. The van der Waals surface area contributed by atoms with Crippen LogP contribution in [0.3, 0.4) is 0 Å². The van der Waals surface area contributed by atoms with Gasteiger partial charge in [-0.3, -0.25) is 4.79 Å². The van der Waals surface area contributed by atoms with Crippen molar-refractivity contribution in [3.05, 3.63) is 93.2 Å². The van der Waals surface area contributed by atoms with Gasteiger partial charge in [0.1, 0.15) is 0 Å². The van der Waals surface area contributed by atoms with Crippen LogP contribution in [0.15, 0.2) is 60.7 Å². The Bertz CT molecular complexity index is 1300. The number of carbonyl (C=O) groups is 1. The molecule has 0 saturated heterocycles. The summed E-state index contributed by atoms with van der Waals surface area (Å²) in [4.78, 5) is 17.5. The fourth-order valence-corrected chi connectivity index (χ4v) is 3.53. The molecule has 4 rings (SSSR count). The summed E-state index contributed by atoms with van der Waals surface area (Å²) < 4.78 is 1.66. The number of rotatable bonds is 4. The summed E-state index contributed by atoms with van der Waals surface area (Å²) in [6, 6.07) is 18.6. The van der Waals surface area contributed by atoms with Crippen molar-refractivity contribution in [2.45, 2.75) is 20.8 Å². The van der Waals surface area contributed by atoms with Gasteiger partial charge in [-0.05, 0) is 73.9 Å². The zero-order valence-corrected chi connectivity index (χ0v) is 18.8. The number of aryl methyl sites for hydroxylation is 3. The lowest BCUT2D eigenvalue weighted by molar-refractivity contribution is 0.101. The van der Waals surface area contributed by atoms with Gasteiger partial charge in [-0.15, -0.1) is 5.10 Å². The monoisotopic (exact) mass is 450 g/mol. The van der Waals surface area contributed by atoms with Gasteiger partial charge in [-0.2, -0.15) is 0 Å². The molecule has 0 aliphatic heterocycles. The fraction of sp³-hybridized carbons (Fsp3) is 0.125. The summed E-state index contributed by atoms with van der Waals surface area (Å²) in [5, 5.41) is 8.49. The molecule has 1 heterocycles. The Labute approximate surface area is 190 Å². The van der Waals surface area contributed by atoms with E-state index in [-0.39, 0.29) is 5.82 Å². The number of anilines is 1. The first-order valence-corrected chi connectivity index (χ1v) is 10.5. The van der Waals surface area contributed by atoms with Crippen molar-refractivity contribution >= 4 is 34.8 Å². The standard InChI is InChI=1S/C24H20Cl2N4O/c1-14-8-10-20(11-16(14)3)30-23(17-5-4-6-18(25)12-17)28-22(29-30)24(31)27-21-13-19(26)9-7-15(21)2/h4-13H,1-3H3,(H,27,31). The van der Waals surface area contributed by atoms with Crippen LogP contribution in [0.4, 0.5) is 5.69 Å². The van der Waals surface area contributed by atoms with E-state index >= 15 is 0 Å². The van der Waals surface area contributed by atoms with E-state index in [4.69, 9.17) is 23.2 Å². The zero-order chi connectivity index (χ0) is 22.1. The number of hydrogen-bond acceptors (Lipinski definition) is 3. The number of nitrogens with zero attached hydrogens (tertiary/aromatic N) is 3. The molecule has 7 heteroatoms. The fourth-order valence-electron chi connectivity index (χ4n) is 3.17. The van der Waals surface area contributed by atoms with Crippen LogP contribution in [0, 0.1) is 20.8 Å². The van der Waals surface area contributed by atoms with Gasteiger partial charge in [0.15, 0.2) is 5.82 Å². The van der Waals surface area contributed by atoms with Gasteiger partial charge in [0.2, 0.25) is 5.82 Å². The topological polar surface area (TPSA) is 59.8 Å². The molecule has 0 aliphatic rings. The summed E-state index contributed by atoms with van der Waals surface area (Å²) in [6.45, 7) is 5.97. The lowest BCUT2D eigenvalue weighted by atomic mass is 10.1. The average molecular weight is 451 g/mol. The van der Waals surface area contributed by atoms with E-state index in [0.29, 0.717) is 21.6 Å². The number of halogens is 2. The van der Waals surface area contributed by atoms with E-state index in [0.717, 1.165) is 22.4 Å². The van der Waals surface area contributed by atoms with Crippen LogP contribution in [-0.2, 0) is 0 Å². The highest BCUT2D eigenvalue weighted by Gasteiger charge is 2.20. The second-order valence-corrected chi connectivity index (χ2v) is 8.24. The first-order chi connectivity index (χ1) is 14.8. The zero-order valence-electron chi connectivity index (χ0n) is 17.3. The number of carbonyl (C=O) groups excluding carboxylic acids is 1. The Hall–Kier alpha value is -3.15. The minimum Gasteiger partial charge on any atom is -0.319 e. The molecule has 1 N–H and O–H groups in total. The normalized spacial score (nSPS) is 10.9. The third kappa shape index (κ3) is 4.48. The van der Waals surface area contributed by atoms with Gasteiger partial charge in [0.05, 0.1) is 5.69 Å². The van der Waals surface area contributed by atoms with Crippen LogP contribution in [0.1, 0.15) is 27.3 Å². The van der Waals surface area contributed by atoms with E-state index in [1.54, 1.807) is 28.9 Å². The van der Waals surface area contributed by atoms with Crippen LogP contribution >= 0.6 is 23.2 Å². The van der Waals surface area contributed by atoms with E-state index in [1.165, 1.54) is 5.56 Å². The highest BCUT2D eigenvalue weighted by molar-refractivity contribution is 6.31. The van der Waals surface area contributed by atoms with Gasteiger partial charge < -0.3 is 5.32 Å². The number of benzene rings is 3. The Morgan fingerprint density at radius 1 is 0.871 bits per heavy atom. The van der Waals surface area contributed by atoms with Crippen molar-refractivity contribution in [1.82, 2.24) is 14.8 Å². The molecular formula is C24H20Cl2N4O. The number of hydrogen-bond donors (Lipinski definition) is 1. The highest BCUT2D eigenvalue weighted by atomic mass is 35.5. The average Bonchev–Trinajstić information content (AvgIpc) is 3.18. The number of aromatic nitrogens is 3. The Morgan fingerprint density at radius 3 is 2.35 bits per heavy atom. The van der Waals surface area contributed by atoms with Crippen LogP contribution in [0.2, 0.25) is 10.0 Å². The van der Waals surface area contributed by atoms with Gasteiger partial charge >= 0.3 is 0 Å². The van der Waals surface area contributed by atoms with Crippen molar-refractivity contribution in [3.8, 4) is 17.1 Å². The van der Waals surface area contributed by atoms with Crippen molar-refractivity contribution in [2.24, 2.45) is 0 Å². The van der Waals surface area contributed by atoms with Crippen molar-refractivity contribution < 1.29 is 4.79 Å². The Balaban J connectivity index is 1.80. The second kappa shape index (κ2) is 8.53. The summed E-state index contributed by atoms with van der Waals surface area (Å²) >= 11 is 12.3. The van der Waals surface area contributed by atoms with Crippen LogP contribution in [0.5, 0.6) is 0 Å². The maximum Gasteiger partial charge on any atom is 0.295 e. The van der Waals surface area contributed by atoms with Crippen LogP contribution in [0.25, 0.3) is 17.1 Å². The smallest absolute Gasteiger partial charge is 0.295 e. The summed E-state index contributed by atoms with van der Waals surface area (Å²) in [6.07, 6.45) is 0. The lowest BCUT2D eigenvalue weighted by Gasteiger charge is -2.08. The molecule has 0 spiro atoms. The SMILES string of the molecule is Cc1ccc(-n2nc(C(=O)Nc3cc(Cl)ccc3C)nc2-c2cccc(Cl)c2)cc1C. The molecule has 0 radical (unpaired) electrons. The molecular weight excluding hydrogens is 431 g/mol. The largest absolute Gasteiger partial charge is 0.319 e. The molecule has 0 saturated carbocycles. The Morgan fingerprint density at radius 2 is 1.61 bits per heavy atom. The first kappa shape index (κ1) is 21.1. The highest BCUT2D eigenvalue weighted by Crippen LogP contribution is 2.26. The molecule has 3 aromatic carbocycles. The first-order valence-electron chi connectivity index (χ1n) is 9.70. The molecule has 0 bridgehead atoms. The predicted octanol–water partition coefficient (Wildman–Crippen LogP) is 6.42. The molecule has 0 atom stereocenters. The summed E-state index contributed by atoms with van der Waals surface area (Å²) in [5.74, 6) is 0.155. The third-order valence-corrected chi connectivity index (χ3v) is 5.55. The predicted molar refractivity (Wildman–Crippen MR) is 125 cm³/mol. The van der Waals surface area contributed by atoms with Gasteiger partial charge in [0, 0.05) is 21.3 Å². The minimum absolute atomic E-state index is 0.0487. The third-order valence-electron chi connectivity index (χ3n) is 5.08. The molecule has 0 fully saturated rings. The Kier molecular flexibility index (Phi) is 5.81. The second-order valence-electron chi connectivity index (χ2n) is 7.36. The molecule has 1 amide bonds. The molecule has 1 aromatic heterocycles. The van der Waals surface area contributed by atoms with Crippen LogP contribution in [-0.4, -0.2) is 20.7 Å². The quantitative estimate of drug-likeness (QED) is 0.390. The minimum atomic E-state index is -0.420. The van der Waals surface area contributed by atoms with Gasteiger partial charge in [-0.1, -0.05) is 47.5 Å². The molecule has 156 valence electrons. The molecule has 4 aromatic rings. The van der Waals surface area contributed by atoms with Crippen LogP contribution < -0.4 is 5.32 Å². The summed E-state index contributed by atoms with van der Waals surface area (Å²) in [5.41, 5.74) is 5.36. The van der Waals surface area contributed by atoms with Gasteiger partial charge in [0.25, 0.3) is 5.91 Å². The van der Waals surface area contributed by atoms with Gasteiger partial charge in [-0.25, -0.2) is 9.67 Å². The molecule has 5 nitrogen and oxygen atoms in total. The van der Waals surface area contributed by atoms with Crippen molar-refractivity contribution in [3.63, 3.8) is 0 Å². The summed E-state index contributed by atoms with van der Waals surface area (Å²) in [7, 11) is 0. The molecule has 31 heavy (non-hydrogen) atoms. The van der Waals surface area contributed by atoms with E-state index < -0.39 is 5.91 Å². The van der Waals surface area contributed by atoms with Crippen molar-refractivity contribution in [2.75, 3.05) is 5.32 Å². The molecule has 0 aliphatic carbocycles. The lowest BCUT2D eigenvalue weighted by Crippen LogP contribution is -2.15. The van der Waals surface area contributed by atoms with E-state index in [1.807, 2.05) is 57.2 Å². The van der Waals surface area contributed by atoms with E-state index in [2.05, 4.69) is 15.4 Å². The number of nitrogens with one attached hydrogen (secondary N) is 1. The maximum atomic E-state index is 13.0. The number of amides is 1. The van der Waals surface area contributed by atoms with E-state index in [9.17, 15) is 4.79 Å². The van der Waals surface area contributed by atoms with Crippen molar-refractivity contribution in [1.29, 1.82) is 0 Å². The molecule has 0 unspecified atom stereocenters.